The molecule has 1 aromatic heterocycles. The Balaban J connectivity index is 3.38. The van der Waals surface area contributed by atoms with Crippen LogP contribution in [0.5, 0.6) is 5.75 Å². The van der Waals surface area contributed by atoms with Crippen molar-refractivity contribution in [1.82, 2.24) is 4.98 Å². The first-order valence-electron chi connectivity index (χ1n) is 4.20. The number of halogens is 3. The van der Waals surface area contributed by atoms with Crippen molar-refractivity contribution in [3.63, 3.8) is 0 Å². The minimum atomic E-state index is -5.09. The fourth-order valence-corrected chi connectivity index (χ4v) is 1.10. The Morgan fingerprint density at radius 2 is 2.12 bits per heavy atom. The van der Waals surface area contributed by atoms with Gasteiger partial charge < -0.3 is 20.6 Å². The Kier molecular flexibility index (Phi) is 3.42. The number of aromatic carboxylic acids is 1. The Labute approximate surface area is 91.8 Å². The molecule has 1 rings (SSSR count). The molecule has 0 aliphatic rings. The molecule has 1 aromatic rings. The van der Waals surface area contributed by atoms with Crippen molar-refractivity contribution in [3.8, 4) is 5.75 Å². The molecule has 0 amide bonds. The van der Waals surface area contributed by atoms with Gasteiger partial charge in [-0.3, -0.25) is 4.79 Å². The molecule has 94 valence electrons. The number of hydrogen-bond donors (Lipinski definition) is 3. The topological polar surface area (TPSA) is 105 Å². The standard InChI is InChI=1S/C8H7F3N2O4/c9-8(10,11)17-4-1-3(2-12)13-6(14)5(4)7(15)16/h1H,2,12H2,(H,13,14)(H,15,16). The summed E-state index contributed by atoms with van der Waals surface area (Å²) in [6.45, 7) is -0.261. The summed E-state index contributed by atoms with van der Waals surface area (Å²) >= 11 is 0. The van der Waals surface area contributed by atoms with Crippen molar-refractivity contribution in [2.75, 3.05) is 0 Å². The molecular weight excluding hydrogens is 245 g/mol. The fourth-order valence-electron chi connectivity index (χ4n) is 1.10. The zero-order valence-electron chi connectivity index (χ0n) is 8.17. The van der Waals surface area contributed by atoms with Gasteiger partial charge in [-0.1, -0.05) is 0 Å². The monoisotopic (exact) mass is 252 g/mol. The van der Waals surface area contributed by atoms with Crippen LogP contribution in [0.15, 0.2) is 10.9 Å². The van der Waals surface area contributed by atoms with E-state index >= 15 is 0 Å². The van der Waals surface area contributed by atoms with Crippen LogP contribution >= 0.6 is 0 Å². The number of carboxylic acid groups (broad SMARTS) is 1. The van der Waals surface area contributed by atoms with Gasteiger partial charge in [-0.05, 0) is 0 Å². The highest BCUT2D eigenvalue weighted by atomic mass is 19.4. The average Bonchev–Trinajstić information content (AvgIpc) is 2.13. The Bertz CT molecular complexity index is 495. The van der Waals surface area contributed by atoms with E-state index in [0.29, 0.717) is 0 Å². The smallest absolute Gasteiger partial charge is 0.477 e. The molecule has 6 nitrogen and oxygen atoms in total. The van der Waals surface area contributed by atoms with Crippen LogP contribution in [0.1, 0.15) is 16.1 Å². The molecule has 0 fully saturated rings. The first-order chi connectivity index (χ1) is 7.74. The number of carboxylic acids is 1. The van der Waals surface area contributed by atoms with E-state index in [1.54, 1.807) is 0 Å². The third-order valence-corrected chi connectivity index (χ3v) is 1.71. The van der Waals surface area contributed by atoms with Gasteiger partial charge in [0.25, 0.3) is 5.56 Å². The van der Waals surface area contributed by atoms with Crippen LogP contribution < -0.4 is 16.0 Å². The number of carbonyl (C=O) groups is 1. The number of hydrogen-bond acceptors (Lipinski definition) is 4. The Morgan fingerprint density at radius 1 is 1.53 bits per heavy atom. The molecule has 0 spiro atoms. The molecule has 9 heteroatoms. The van der Waals surface area contributed by atoms with Crippen LogP contribution in [0.4, 0.5) is 13.2 Å². The van der Waals surface area contributed by atoms with E-state index in [9.17, 15) is 22.8 Å². The zero-order valence-corrected chi connectivity index (χ0v) is 8.17. The predicted molar refractivity (Wildman–Crippen MR) is 48.6 cm³/mol. The summed E-state index contributed by atoms with van der Waals surface area (Å²) in [4.78, 5) is 23.9. The third-order valence-electron chi connectivity index (χ3n) is 1.71. The number of H-pyrrole nitrogens is 1. The third kappa shape index (κ3) is 3.21. The van der Waals surface area contributed by atoms with Gasteiger partial charge in [-0.2, -0.15) is 0 Å². The molecule has 4 N–H and O–H groups in total. The van der Waals surface area contributed by atoms with E-state index < -0.39 is 29.2 Å². The van der Waals surface area contributed by atoms with Gasteiger partial charge in [0.15, 0.2) is 11.3 Å². The molecule has 0 saturated heterocycles. The van der Waals surface area contributed by atoms with E-state index in [4.69, 9.17) is 10.8 Å². The van der Waals surface area contributed by atoms with Gasteiger partial charge >= 0.3 is 12.3 Å². The van der Waals surface area contributed by atoms with Crippen molar-refractivity contribution in [2.45, 2.75) is 12.9 Å². The maximum atomic E-state index is 12.0. The second kappa shape index (κ2) is 4.45. The van der Waals surface area contributed by atoms with Gasteiger partial charge in [0.05, 0.1) is 0 Å². The van der Waals surface area contributed by atoms with Crippen LogP contribution in [0.3, 0.4) is 0 Å². The van der Waals surface area contributed by atoms with E-state index in [0.717, 1.165) is 6.07 Å². The van der Waals surface area contributed by atoms with Gasteiger partial charge in [0, 0.05) is 18.3 Å². The SMILES string of the molecule is NCc1cc(OC(F)(F)F)c(C(=O)O)c(=O)[nH]1. The van der Waals surface area contributed by atoms with Crippen LogP contribution in [0.25, 0.3) is 0 Å². The molecule has 1 heterocycles. The number of ether oxygens (including phenoxy) is 1. The van der Waals surface area contributed by atoms with E-state index in [1.807, 2.05) is 4.98 Å². The molecule has 0 unspecified atom stereocenters. The van der Waals surface area contributed by atoms with Crippen LogP contribution in [-0.2, 0) is 6.54 Å². The van der Waals surface area contributed by atoms with Crippen LogP contribution in [0, 0.1) is 0 Å². The summed E-state index contributed by atoms with van der Waals surface area (Å²) in [7, 11) is 0. The first-order valence-corrected chi connectivity index (χ1v) is 4.20. The summed E-state index contributed by atoms with van der Waals surface area (Å²) < 4.78 is 39.4. The van der Waals surface area contributed by atoms with E-state index in [-0.39, 0.29) is 12.2 Å². The number of nitrogens with one attached hydrogen (secondary N) is 1. The molecule has 0 aromatic carbocycles. The molecule has 0 bridgehead atoms. The van der Waals surface area contributed by atoms with Crippen molar-refractivity contribution < 1.29 is 27.8 Å². The highest BCUT2D eigenvalue weighted by molar-refractivity contribution is 5.90. The quantitative estimate of drug-likeness (QED) is 0.723. The summed E-state index contributed by atoms with van der Waals surface area (Å²) in [5.41, 5.74) is 2.72. The summed E-state index contributed by atoms with van der Waals surface area (Å²) in [6, 6.07) is 0.721. The second-order valence-electron chi connectivity index (χ2n) is 2.92. The lowest BCUT2D eigenvalue weighted by Gasteiger charge is -2.11. The minimum absolute atomic E-state index is 0.0701. The highest BCUT2D eigenvalue weighted by Gasteiger charge is 2.34. The molecule has 0 radical (unpaired) electrons. The fraction of sp³-hybridized carbons (Fsp3) is 0.250. The number of aromatic amines is 1. The number of alkyl halides is 3. The maximum absolute atomic E-state index is 12.0. The van der Waals surface area contributed by atoms with E-state index in [1.165, 1.54) is 0 Å². The van der Waals surface area contributed by atoms with Crippen molar-refractivity contribution in [3.05, 3.63) is 27.7 Å². The number of rotatable bonds is 3. The first kappa shape index (κ1) is 13.0. The largest absolute Gasteiger partial charge is 0.573 e. The van der Waals surface area contributed by atoms with Gasteiger partial charge in [0.2, 0.25) is 0 Å². The van der Waals surface area contributed by atoms with Crippen molar-refractivity contribution >= 4 is 5.97 Å². The van der Waals surface area contributed by atoms with Crippen LogP contribution in [0.2, 0.25) is 0 Å². The number of aromatic nitrogens is 1. The second-order valence-corrected chi connectivity index (χ2v) is 2.92. The van der Waals surface area contributed by atoms with Crippen molar-refractivity contribution in [1.29, 1.82) is 0 Å². The Hall–Kier alpha value is -2.03. The lowest BCUT2D eigenvalue weighted by molar-refractivity contribution is -0.274. The minimum Gasteiger partial charge on any atom is -0.477 e. The Morgan fingerprint density at radius 3 is 2.53 bits per heavy atom. The normalized spacial score (nSPS) is 11.3. The molecular formula is C8H7F3N2O4. The molecule has 0 aliphatic heterocycles. The van der Waals surface area contributed by atoms with Gasteiger partial charge in [0.1, 0.15) is 0 Å². The van der Waals surface area contributed by atoms with Gasteiger partial charge in [-0.25, -0.2) is 4.79 Å². The molecule has 17 heavy (non-hydrogen) atoms. The predicted octanol–water partition coefficient (Wildman–Crippen LogP) is 0.430. The van der Waals surface area contributed by atoms with Crippen molar-refractivity contribution in [2.24, 2.45) is 5.73 Å². The molecule has 0 aliphatic carbocycles. The van der Waals surface area contributed by atoms with Gasteiger partial charge in [-0.15, -0.1) is 13.2 Å². The van der Waals surface area contributed by atoms with E-state index in [2.05, 4.69) is 4.74 Å². The summed E-state index contributed by atoms with van der Waals surface area (Å²) in [6.07, 6.45) is -5.09. The lowest BCUT2D eigenvalue weighted by atomic mass is 10.2. The summed E-state index contributed by atoms with van der Waals surface area (Å²) in [5.74, 6) is -2.91. The maximum Gasteiger partial charge on any atom is 0.573 e. The summed E-state index contributed by atoms with van der Waals surface area (Å²) in [5, 5.41) is 8.61. The zero-order chi connectivity index (χ0) is 13.2. The molecule has 0 atom stereocenters. The molecule has 0 saturated carbocycles. The number of nitrogens with two attached hydrogens (primary N) is 1. The van der Waals surface area contributed by atoms with Crippen LogP contribution in [-0.4, -0.2) is 22.4 Å². The average molecular weight is 252 g/mol. The number of pyridine rings is 1. The lowest BCUT2D eigenvalue weighted by Crippen LogP contribution is -2.25. The highest BCUT2D eigenvalue weighted by Crippen LogP contribution is 2.24.